The smallest absolute Gasteiger partial charge is 0.306 e. The van der Waals surface area contributed by atoms with Gasteiger partial charge in [0.25, 0.3) is 0 Å². The lowest BCUT2D eigenvalue weighted by atomic mass is 10.0. The number of amides is 1. The van der Waals surface area contributed by atoms with Crippen molar-refractivity contribution in [3.05, 3.63) is 18.2 Å². The fourth-order valence-corrected chi connectivity index (χ4v) is 2.46. The summed E-state index contributed by atoms with van der Waals surface area (Å²) in [5.41, 5.74) is 0.465. The van der Waals surface area contributed by atoms with Crippen LogP contribution >= 0.6 is 0 Å². The minimum absolute atomic E-state index is 0.0554. The number of carboxylic acid groups (broad SMARTS) is 1. The molecule has 108 valence electrons. The Morgan fingerprint density at radius 2 is 2.00 bits per heavy atom. The first-order valence-corrected chi connectivity index (χ1v) is 6.42. The molecule has 2 unspecified atom stereocenters. The van der Waals surface area contributed by atoms with Gasteiger partial charge in [0, 0.05) is 17.7 Å². The highest BCUT2D eigenvalue weighted by Gasteiger charge is 2.33. The molecule has 0 aromatic heterocycles. The molecule has 2 rings (SSSR count). The first kappa shape index (κ1) is 14.2. The fraction of sp³-hybridized carbons (Fsp3) is 0.429. The second-order valence-corrected chi connectivity index (χ2v) is 4.92. The van der Waals surface area contributed by atoms with Crippen LogP contribution in [0.4, 0.5) is 5.69 Å². The average molecular weight is 279 g/mol. The highest BCUT2D eigenvalue weighted by molar-refractivity contribution is 5.93. The number of aromatic hydroxyl groups is 1. The van der Waals surface area contributed by atoms with Crippen molar-refractivity contribution in [3.8, 4) is 11.5 Å². The van der Waals surface area contributed by atoms with Crippen molar-refractivity contribution in [2.24, 2.45) is 11.8 Å². The van der Waals surface area contributed by atoms with Crippen LogP contribution in [0.25, 0.3) is 0 Å². The molecule has 0 bridgehead atoms. The van der Waals surface area contributed by atoms with Gasteiger partial charge in [0.05, 0.1) is 13.0 Å². The maximum Gasteiger partial charge on any atom is 0.306 e. The van der Waals surface area contributed by atoms with Gasteiger partial charge in [-0.25, -0.2) is 0 Å². The number of aliphatic carboxylic acids is 1. The van der Waals surface area contributed by atoms with E-state index < -0.39 is 11.9 Å². The van der Waals surface area contributed by atoms with Crippen molar-refractivity contribution in [3.63, 3.8) is 0 Å². The van der Waals surface area contributed by atoms with Gasteiger partial charge in [-0.3, -0.25) is 9.59 Å². The van der Waals surface area contributed by atoms with Gasteiger partial charge < -0.3 is 20.3 Å². The second kappa shape index (κ2) is 5.81. The molecule has 1 aliphatic carbocycles. The number of phenolic OH excluding ortho intramolecular Hbond substituents is 1. The molecule has 0 spiro atoms. The molecule has 1 aliphatic rings. The third-order valence-electron chi connectivity index (χ3n) is 3.60. The number of carboxylic acids is 1. The van der Waals surface area contributed by atoms with E-state index in [0.29, 0.717) is 30.7 Å². The Balaban J connectivity index is 1.98. The van der Waals surface area contributed by atoms with E-state index in [0.717, 1.165) is 0 Å². The minimum Gasteiger partial charge on any atom is -0.504 e. The zero-order valence-electron chi connectivity index (χ0n) is 11.1. The van der Waals surface area contributed by atoms with Crippen molar-refractivity contribution in [1.29, 1.82) is 0 Å². The topological polar surface area (TPSA) is 95.9 Å². The Labute approximate surface area is 116 Å². The number of hydrogen-bond acceptors (Lipinski definition) is 4. The number of benzene rings is 1. The van der Waals surface area contributed by atoms with Gasteiger partial charge in [0.15, 0.2) is 11.5 Å². The van der Waals surface area contributed by atoms with E-state index in [1.54, 1.807) is 12.1 Å². The highest BCUT2D eigenvalue weighted by Crippen LogP contribution is 2.33. The summed E-state index contributed by atoms with van der Waals surface area (Å²) in [7, 11) is 1.44. The standard InChI is InChI=1S/C14H17NO5/c1-20-12-5-4-10(7-11(12)16)15-13(17)8-2-3-9(6-8)14(18)19/h4-5,7-9,16H,2-3,6H2,1H3,(H,15,17)(H,18,19). The van der Waals surface area contributed by atoms with Crippen LogP contribution < -0.4 is 10.1 Å². The summed E-state index contributed by atoms with van der Waals surface area (Å²) in [5.74, 6) is -1.51. The van der Waals surface area contributed by atoms with Gasteiger partial charge in [-0.15, -0.1) is 0 Å². The van der Waals surface area contributed by atoms with Crippen LogP contribution in [0.3, 0.4) is 0 Å². The number of rotatable bonds is 4. The highest BCUT2D eigenvalue weighted by atomic mass is 16.5. The predicted octanol–water partition coefficient (Wildman–Crippen LogP) is 1.84. The molecule has 1 aromatic carbocycles. The van der Waals surface area contributed by atoms with E-state index in [-0.39, 0.29) is 17.6 Å². The van der Waals surface area contributed by atoms with E-state index in [1.807, 2.05) is 0 Å². The molecule has 1 fully saturated rings. The van der Waals surface area contributed by atoms with Crippen molar-refractivity contribution in [2.45, 2.75) is 19.3 Å². The molecular weight excluding hydrogens is 262 g/mol. The SMILES string of the molecule is COc1ccc(NC(=O)C2CCC(C(=O)O)C2)cc1O. The Bertz CT molecular complexity index is 528. The maximum atomic E-state index is 12.0. The summed E-state index contributed by atoms with van der Waals surface area (Å²) in [5, 5.41) is 21.2. The molecule has 1 aromatic rings. The molecule has 3 N–H and O–H groups in total. The lowest BCUT2D eigenvalue weighted by Crippen LogP contribution is -2.21. The molecule has 6 heteroatoms. The van der Waals surface area contributed by atoms with Crippen LogP contribution in [-0.4, -0.2) is 29.2 Å². The van der Waals surface area contributed by atoms with E-state index in [1.165, 1.54) is 13.2 Å². The lowest BCUT2D eigenvalue weighted by Gasteiger charge is -2.12. The lowest BCUT2D eigenvalue weighted by molar-refractivity contribution is -0.141. The molecule has 1 saturated carbocycles. The Kier molecular flexibility index (Phi) is 4.12. The maximum absolute atomic E-state index is 12.0. The summed E-state index contributed by atoms with van der Waals surface area (Å²) in [6.45, 7) is 0. The molecule has 0 heterocycles. The van der Waals surface area contributed by atoms with Crippen molar-refractivity contribution < 1.29 is 24.5 Å². The molecule has 6 nitrogen and oxygen atoms in total. The summed E-state index contributed by atoms with van der Waals surface area (Å²) in [6.07, 6.45) is 1.47. The molecule has 20 heavy (non-hydrogen) atoms. The van der Waals surface area contributed by atoms with E-state index in [9.17, 15) is 14.7 Å². The van der Waals surface area contributed by atoms with Gasteiger partial charge in [-0.2, -0.15) is 0 Å². The van der Waals surface area contributed by atoms with Crippen LogP contribution in [0.5, 0.6) is 11.5 Å². The Morgan fingerprint density at radius 1 is 1.30 bits per heavy atom. The molecule has 0 radical (unpaired) electrons. The molecule has 2 atom stereocenters. The van der Waals surface area contributed by atoms with Crippen molar-refractivity contribution in [1.82, 2.24) is 0 Å². The van der Waals surface area contributed by atoms with E-state index in [2.05, 4.69) is 5.32 Å². The predicted molar refractivity (Wildman–Crippen MR) is 71.8 cm³/mol. The van der Waals surface area contributed by atoms with Crippen LogP contribution in [0, 0.1) is 11.8 Å². The molecule has 1 amide bonds. The number of carbonyl (C=O) groups excluding carboxylic acids is 1. The second-order valence-electron chi connectivity index (χ2n) is 4.92. The third kappa shape index (κ3) is 3.01. The fourth-order valence-electron chi connectivity index (χ4n) is 2.46. The summed E-state index contributed by atoms with van der Waals surface area (Å²) in [4.78, 5) is 22.9. The van der Waals surface area contributed by atoms with Crippen molar-refractivity contribution >= 4 is 17.6 Å². The largest absolute Gasteiger partial charge is 0.504 e. The first-order valence-electron chi connectivity index (χ1n) is 6.42. The number of anilines is 1. The average Bonchev–Trinajstić information content (AvgIpc) is 2.88. The van der Waals surface area contributed by atoms with Crippen LogP contribution in [0.15, 0.2) is 18.2 Å². The number of ether oxygens (including phenoxy) is 1. The van der Waals surface area contributed by atoms with E-state index in [4.69, 9.17) is 9.84 Å². The first-order chi connectivity index (χ1) is 9.51. The van der Waals surface area contributed by atoms with Crippen molar-refractivity contribution in [2.75, 3.05) is 12.4 Å². The van der Waals surface area contributed by atoms with Gasteiger partial charge >= 0.3 is 5.97 Å². The third-order valence-corrected chi connectivity index (χ3v) is 3.60. The zero-order valence-corrected chi connectivity index (χ0v) is 11.1. The van der Waals surface area contributed by atoms with Crippen LogP contribution in [-0.2, 0) is 9.59 Å². The zero-order chi connectivity index (χ0) is 14.7. The summed E-state index contributed by atoms with van der Waals surface area (Å²) >= 11 is 0. The Morgan fingerprint density at radius 3 is 2.55 bits per heavy atom. The van der Waals surface area contributed by atoms with E-state index >= 15 is 0 Å². The molecular formula is C14H17NO5. The quantitative estimate of drug-likeness (QED) is 0.781. The number of methoxy groups -OCH3 is 1. The minimum atomic E-state index is -0.845. The van der Waals surface area contributed by atoms with Crippen LogP contribution in [0.2, 0.25) is 0 Å². The summed E-state index contributed by atoms with van der Waals surface area (Å²) < 4.78 is 4.92. The number of phenols is 1. The number of nitrogens with one attached hydrogen (secondary N) is 1. The van der Waals surface area contributed by atoms with Gasteiger partial charge in [-0.05, 0) is 31.4 Å². The normalized spacial score (nSPS) is 21.4. The van der Waals surface area contributed by atoms with Gasteiger partial charge in [0.2, 0.25) is 5.91 Å². The molecule has 0 saturated heterocycles. The van der Waals surface area contributed by atoms with Gasteiger partial charge in [-0.1, -0.05) is 0 Å². The monoisotopic (exact) mass is 279 g/mol. The van der Waals surface area contributed by atoms with Gasteiger partial charge in [0.1, 0.15) is 0 Å². The van der Waals surface area contributed by atoms with Crippen LogP contribution in [0.1, 0.15) is 19.3 Å². The summed E-state index contributed by atoms with van der Waals surface area (Å²) in [6, 6.07) is 4.58. The number of carbonyl (C=O) groups is 2. The number of hydrogen-bond donors (Lipinski definition) is 3. The molecule has 0 aliphatic heterocycles. The Hall–Kier alpha value is -2.24.